The standard InChI is InChI=1S/C11H16N2O4.C6H8O4.C2H4O2.2H2N.Pt/c14-9-5-6-10(15)13(9)8-4-2-1-3-7-12-11(16)17;7-4(8)6(5(9)10)2-1-3-6;1-2(3)4;;;/h5-6,12H,1-4,7-8H2,(H,16,17);1-3H2,(H,7,8)(H,9,10);1H3,(H,3,4);2*1H2;/q;;;2*-1;+2. The van der Waals surface area contributed by atoms with E-state index in [1.807, 2.05) is 0 Å². The number of carbonyl (C=O) groups is 6. The molecule has 34 heavy (non-hydrogen) atoms. The molecule has 1 fully saturated rings. The van der Waals surface area contributed by atoms with Crippen molar-refractivity contribution in [2.75, 3.05) is 13.1 Å². The summed E-state index contributed by atoms with van der Waals surface area (Å²) in [7, 11) is 0. The maximum absolute atomic E-state index is 11.2. The first kappa shape index (κ1) is 38.4. The van der Waals surface area contributed by atoms with Crippen LogP contribution in [0.5, 0.6) is 0 Å². The molecule has 198 valence electrons. The SMILES string of the molecule is CC(=O)O.O=C(O)C1(C(=O)O)CCC1.O=C(O)NCCCCCCN1C(=O)C=CC1=O.[NH2-].[NH2-].[Pt+2]. The number of imide groups is 1. The van der Waals surface area contributed by atoms with Gasteiger partial charge in [0.05, 0.1) is 0 Å². The van der Waals surface area contributed by atoms with Crippen LogP contribution in [0, 0.1) is 5.41 Å². The van der Waals surface area contributed by atoms with E-state index in [-0.39, 0.29) is 58.0 Å². The summed E-state index contributed by atoms with van der Waals surface area (Å²) in [5, 5.41) is 35.0. The van der Waals surface area contributed by atoms with Gasteiger partial charge in [-0.3, -0.25) is 28.9 Å². The summed E-state index contributed by atoms with van der Waals surface area (Å²) in [5.74, 6) is -3.73. The number of unbranched alkanes of at least 4 members (excludes halogenated alkanes) is 3. The molecule has 1 aliphatic carbocycles. The van der Waals surface area contributed by atoms with Crippen molar-refractivity contribution in [3.8, 4) is 0 Å². The molecule has 0 aromatic carbocycles. The number of rotatable bonds is 9. The van der Waals surface area contributed by atoms with E-state index in [0.29, 0.717) is 19.5 Å². The molecular weight excluding hydrogens is 639 g/mol. The third-order valence-corrected chi connectivity index (χ3v) is 4.51. The number of aliphatic carboxylic acids is 3. The number of carboxylic acids is 3. The van der Waals surface area contributed by atoms with E-state index in [2.05, 4.69) is 5.32 Å². The van der Waals surface area contributed by atoms with E-state index in [1.54, 1.807) is 0 Å². The molecule has 3 amide bonds. The van der Waals surface area contributed by atoms with Crippen LogP contribution in [0.2, 0.25) is 0 Å². The predicted molar refractivity (Wildman–Crippen MR) is 116 cm³/mol. The smallest absolute Gasteiger partial charge is 0.693 e. The van der Waals surface area contributed by atoms with Crippen molar-refractivity contribution in [2.45, 2.75) is 51.9 Å². The first-order valence-corrected chi connectivity index (χ1v) is 9.60. The Balaban J connectivity index is -0.000000227. The molecular formula is C19H32N4O10Pt. The number of nitrogens with two attached hydrogens (primary N) is 2. The fourth-order valence-corrected chi connectivity index (χ4v) is 2.64. The Morgan fingerprint density at radius 2 is 1.29 bits per heavy atom. The largest absolute Gasteiger partial charge is 2.00 e. The van der Waals surface area contributed by atoms with E-state index in [1.165, 1.54) is 17.1 Å². The number of nitrogens with one attached hydrogen (secondary N) is 1. The number of hydrogen-bond donors (Lipinski definition) is 5. The Labute approximate surface area is 211 Å². The number of nitrogens with zero attached hydrogens (tertiary/aromatic N) is 1. The molecule has 1 heterocycles. The molecule has 1 saturated carbocycles. The summed E-state index contributed by atoms with van der Waals surface area (Å²) in [4.78, 5) is 63.4. The van der Waals surface area contributed by atoms with Crippen molar-refractivity contribution in [2.24, 2.45) is 5.41 Å². The monoisotopic (exact) mass is 671 g/mol. The van der Waals surface area contributed by atoms with Crippen molar-refractivity contribution >= 4 is 35.8 Å². The Bertz CT molecular complexity index is 688. The Morgan fingerprint density at radius 3 is 1.59 bits per heavy atom. The average molecular weight is 672 g/mol. The maximum atomic E-state index is 11.2. The second-order valence-corrected chi connectivity index (χ2v) is 6.87. The molecule has 0 saturated heterocycles. The van der Waals surface area contributed by atoms with Gasteiger partial charge in [-0.25, -0.2) is 4.79 Å². The molecule has 0 atom stereocenters. The first-order valence-electron chi connectivity index (χ1n) is 9.60. The summed E-state index contributed by atoms with van der Waals surface area (Å²) in [6.45, 7) is 1.97. The van der Waals surface area contributed by atoms with E-state index in [9.17, 15) is 24.0 Å². The van der Waals surface area contributed by atoms with E-state index >= 15 is 0 Å². The maximum Gasteiger partial charge on any atom is 2.00 e. The van der Waals surface area contributed by atoms with Crippen LogP contribution in [0.25, 0.3) is 12.3 Å². The third-order valence-electron chi connectivity index (χ3n) is 4.51. The molecule has 2 rings (SSSR count). The van der Waals surface area contributed by atoms with Crippen molar-refractivity contribution in [3.05, 3.63) is 24.5 Å². The average Bonchev–Trinajstić information content (AvgIpc) is 2.90. The zero-order valence-corrected chi connectivity index (χ0v) is 20.9. The Hall–Kier alpha value is -2.83. The third kappa shape index (κ3) is 14.3. The number of amides is 3. The van der Waals surface area contributed by atoms with Crippen molar-refractivity contribution in [1.82, 2.24) is 10.2 Å². The minimum absolute atomic E-state index is 0. The zero-order chi connectivity index (χ0) is 24.0. The van der Waals surface area contributed by atoms with Crippen molar-refractivity contribution < 1.29 is 70.3 Å². The van der Waals surface area contributed by atoms with Crippen LogP contribution in [0.1, 0.15) is 51.9 Å². The second-order valence-electron chi connectivity index (χ2n) is 6.87. The molecule has 14 nitrogen and oxygen atoms in total. The molecule has 0 aromatic heterocycles. The van der Waals surface area contributed by atoms with Crippen LogP contribution < -0.4 is 5.32 Å². The second kappa shape index (κ2) is 19.6. The topological polar surface area (TPSA) is 266 Å². The molecule has 0 unspecified atom stereocenters. The summed E-state index contributed by atoms with van der Waals surface area (Å²) in [6.07, 6.45) is 6.08. The van der Waals surface area contributed by atoms with Crippen molar-refractivity contribution in [3.63, 3.8) is 0 Å². The van der Waals surface area contributed by atoms with Gasteiger partial charge in [0.25, 0.3) is 17.8 Å². The van der Waals surface area contributed by atoms with Crippen LogP contribution in [0.4, 0.5) is 4.79 Å². The van der Waals surface area contributed by atoms with Gasteiger partial charge in [-0.1, -0.05) is 12.8 Å². The fraction of sp³-hybridized carbons (Fsp3) is 0.579. The van der Waals surface area contributed by atoms with Gasteiger partial charge in [-0.05, 0) is 32.1 Å². The number of carbonyl (C=O) groups excluding carboxylic acids is 2. The quantitative estimate of drug-likeness (QED) is 0.136. The van der Waals surface area contributed by atoms with Crippen molar-refractivity contribution in [1.29, 1.82) is 0 Å². The number of hydrogen-bond acceptors (Lipinski definition) is 6. The van der Waals surface area contributed by atoms with Crippen LogP contribution in [-0.4, -0.2) is 74.2 Å². The molecule has 2 aliphatic rings. The number of carboxylic acid groups (broad SMARTS) is 4. The van der Waals surface area contributed by atoms with Crippen LogP contribution in [-0.2, 0) is 45.0 Å². The van der Waals surface area contributed by atoms with Crippen LogP contribution in [0.15, 0.2) is 12.2 Å². The Kier molecular flexibility index (Phi) is 22.2. The fourth-order valence-electron chi connectivity index (χ4n) is 2.64. The minimum Gasteiger partial charge on any atom is -0.693 e. The predicted octanol–water partition coefficient (Wildman–Crippen LogP) is 2.59. The van der Waals surface area contributed by atoms with E-state index in [4.69, 9.17) is 25.2 Å². The molecule has 9 N–H and O–H groups in total. The minimum atomic E-state index is -1.44. The van der Waals surface area contributed by atoms with Gasteiger partial charge in [-0.2, -0.15) is 0 Å². The van der Waals surface area contributed by atoms with Gasteiger partial charge in [0.15, 0.2) is 5.41 Å². The first-order chi connectivity index (χ1) is 14.4. The molecule has 0 bridgehead atoms. The summed E-state index contributed by atoms with van der Waals surface area (Å²) < 4.78 is 0. The van der Waals surface area contributed by atoms with Crippen LogP contribution in [0.3, 0.4) is 0 Å². The summed E-state index contributed by atoms with van der Waals surface area (Å²) >= 11 is 0. The normalized spacial score (nSPS) is 14.2. The summed E-state index contributed by atoms with van der Waals surface area (Å²) in [5.41, 5.74) is -1.44. The zero-order valence-electron chi connectivity index (χ0n) is 18.7. The molecule has 0 radical (unpaired) electrons. The molecule has 15 heteroatoms. The van der Waals surface area contributed by atoms with Crippen LogP contribution >= 0.6 is 0 Å². The van der Waals surface area contributed by atoms with Gasteiger partial charge >= 0.3 is 39.1 Å². The molecule has 1 aliphatic heterocycles. The van der Waals surface area contributed by atoms with E-state index in [0.717, 1.165) is 32.6 Å². The summed E-state index contributed by atoms with van der Waals surface area (Å²) in [6, 6.07) is 0. The van der Waals surface area contributed by atoms with Gasteiger partial charge in [0, 0.05) is 32.2 Å². The molecule has 0 spiro atoms. The van der Waals surface area contributed by atoms with Gasteiger partial charge in [-0.15, -0.1) is 0 Å². The van der Waals surface area contributed by atoms with E-state index < -0.39 is 29.4 Å². The van der Waals surface area contributed by atoms with Gasteiger partial charge in [0.2, 0.25) is 0 Å². The van der Waals surface area contributed by atoms with Gasteiger partial charge < -0.3 is 38.0 Å². The Morgan fingerprint density at radius 1 is 0.882 bits per heavy atom. The molecule has 0 aromatic rings. The van der Waals surface area contributed by atoms with Gasteiger partial charge in [0.1, 0.15) is 0 Å².